The highest BCUT2D eigenvalue weighted by atomic mass is 35.5. The Labute approximate surface area is 223 Å². The second-order valence-corrected chi connectivity index (χ2v) is 8.87. The summed E-state index contributed by atoms with van der Waals surface area (Å²) in [6.45, 7) is 1.61. The van der Waals surface area contributed by atoms with Crippen LogP contribution in [0.1, 0.15) is 31.8 Å². The Bertz CT molecular complexity index is 1520. The third-order valence-electron chi connectivity index (χ3n) is 5.39. The number of fused-ring (bicyclic) bond motifs is 1. The van der Waals surface area contributed by atoms with E-state index in [1.54, 1.807) is 18.2 Å². The molecule has 0 aliphatic heterocycles. The fourth-order valence-corrected chi connectivity index (χ4v) is 3.75. The number of hydrogen-bond acceptors (Lipinski definition) is 5. The average molecular weight is 534 g/mol. The van der Waals surface area contributed by atoms with Crippen LogP contribution in [0.15, 0.2) is 84.0 Å². The molecule has 0 radical (unpaired) electrons. The van der Waals surface area contributed by atoms with Crippen molar-refractivity contribution < 1.29 is 19.1 Å². The first-order valence-electron chi connectivity index (χ1n) is 11.2. The average Bonchev–Trinajstić information content (AvgIpc) is 2.90. The van der Waals surface area contributed by atoms with Crippen LogP contribution in [0.5, 0.6) is 5.75 Å². The molecule has 2 amide bonds. The van der Waals surface area contributed by atoms with E-state index in [1.807, 2.05) is 49.4 Å². The summed E-state index contributed by atoms with van der Waals surface area (Å²) in [5.74, 6) is -1.27. The van der Waals surface area contributed by atoms with Gasteiger partial charge in [0.25, 0.3) is 11.8 Å². The van der Waals surface area contributed by atoms with Crippen molar-refractivity contribution in [1.82, 2.24) is 10.7 Å². The SMILES string of the molecule is Cc1ccc(C(=O)Oc2ccc3ccccc3c2/C=N\NC(=O)CNC(=O)c2ccc(Cl)c(Cl)c2)cc1. The number of benzene rings is 4. The van der Waals surface area contributed by atoms with Gasteiger partial charge in [0.1, 0.15) is 5.75 Å². The molecule has 2 N–H and O–H groups in total. The van der Waals surface area contributed by atoms with Crippen molar-refractivity contribution in [3.8, 4) is 5.75 Å². The number of carbonyl (C=O) groups excluding carboxylic acids is 3. The molecule has 0 bridgehead atoms. The van der Waals surface area contributed by atoms with E-state index in [1.165, 1.54) is 24.4 Å². The molecule has 186 valence electrons. The van der Waals surface area contributed by atoms with E-state index < -0.39 is 17.8 Å². The predicted molar refractivity (Wildman–Crippen MR) is 145 cm³/mol. The first kappa shape index (κ1) is 25.9. The first-order valence-corrected chi connectivity index (χ1v) is 11.9. The van der Waals surface area contributed by atoms with Crippen molar-refractivity contribution in [3.05, 3.63) is 111 Å². The molecule has 0 saturated carbocycles. The van der Waals surface area contributed by atoms with Crippen LogP contribution in [-0.4, -0.2) is 30.5 Å². The molecular weight excluding hydrogens is 513 g/mol. The zero-order valence-corrected chi connectivity index (χ0v) is 21.1. The number of aryl methyl sites for hydroxylation is 1. The van der Waals surface area contributed by atoms with Crippen molar-refractivity contribution in [2.24, 2.45) is 5.10 Å². The first-order chi connectivity index (χ1) is 17.8. The molecule has 9 heteroatoms. The molecule has 0 aliphatic rings. The molecule has 0 saturated heterocycles. The molecule has 7 nitrogen and oxygen atoms in total. The standard InChI is InChI=1S/C28H21Cl2N3O4/c1-17-6-8-19(9-7-17)28(36)37-25-13-11-18-4-2-3-5-21(18)22(25)15-32-33-26(34)16-31-27(35)20-10-12-23(29)24(30)14-20/h2-15H,16H2,1H3,(H,31,35)(H,33,34)/b32-15-. The van der Waals surface area contributed by atoms with Gasteiger partial charge in [0.05, 0.1) is 28.4 Å². The molecule has 0 aromatic heterocycles. The van der Waals surface area contributed by atoms with Gasteiger partial charge >= 0.3 is 5.97 Å². The van der Waals surface area contributed by atoms with Gasteiger partial charge in [-0.15, -0.1) is 0 Å². The van der Waals surface area contributed by atoms with E-state index in [-0.39, 0.29) is 22.9 Å². The van der Waals surface area contributed by atoms with E-state index in [9.17, 15) is 14.4 Å². The number of hydrazone groups is 1. The molecule has 0 atom stereocenters. The molecule has 4 aromatic carbocycles. The van der Waals surface area contributed by atoms with Crippen LogP contribution in [0.4, 0.5) is 0 Å². The fourth-order valence-electron chi connectivity index (χ4n) is 3.45. The van der Waals surface area contributed by atoms with Crippen LogP contribution in [0.2, 0.25) is 10.0 Å². The van der Waals surface area contributed by atoms with Gasteiger partial charge in [-0.3, -0.25) is 9.59 Å². The van der Waals surface area contributed by atoms with Crippen LogP contribution in [-0.2, 0) is 4.79 Å². The Morgan fingerprint density at radius 2 is 1.62 bits per heavy atom. The van der Waals surface area contributed by atoms with Crippen LogP contribution in [0, 0.1) is 6.92 Å². The highest BCUT2D eigenvalue weighted by Crippen LogP contribution is 2.27. The minimum Gasteiger partial charge on any atom is -0.422 e. The number of nitrogens with zero attached hydrogens (tertiary/aromatic N) is 1. The van der Waals surface area contributed by atoms with E-state index in [0.29, 0.717) is 16.1 Å². The highest BCUT2D eigenvalue weighted by Gasteiger charge is 2.14. The van der Waals surface area contributed by atoms with Crippen LogP contribution < -0.4 is 15.5 Å². The summed E-state index contributed by atoms with van der Waals surface area (Å²) in [4.78, 5) is 37.2. The molecule has 0 aliphatic carbocycles. The number of halogens is 2. The van der Waals surface area contributed by atoms with Gasteiger partial charge in [-0.2, -0.15) is 5.10 Å². The van der Waals surface area contributed by atoms with Gasteiger partial charge in [-0.1, -0.05) is 71.2 Å². The fraction of sp³-hybridized carbons (Fsp3) is 0.0714. The summed E-state index contributed by atoms with van der Waals surface area (Å²) in [5, 5.41) is 8.74. The maximum Gasteiger partial charge on any atom is 0.343 e. The molecule has 37 heavy (non-hydrogen) atoms. The zero-order valence-electron chi connectivity index (χ0n) is 19.6. The summed E-state index contributed by atoms with van der Waals surface area (Å²) in [5.41, 5.74) is 4.58. The molecule has 4 aromatic rings. The van der Waals surface area contributed by atoms with Gasteiger partial charge in [-0.05, 0) is 54.1 Å². The zero-order chi connectivity index (χ0) is 26.4. The van der Waals surface area contributed by atoms with E-state index in [2.05, 4.69) is 15.8 Å². The normalized spacial score (nSPS) is 10.9. The molecule has 0 fully saturated rings. The van der Waals surface area contributed by atoms with Gasteiger partial charge in [0, 0.05) is 11.1 Å². The van der Waals surface area contributed by atoms with Gasteiger partial charge in [0.2, 0.25) is 0 Å². The molecule has 4 rings (SSSR count). The topological polar surface area (TPSA) is 96.9 Å². The van der Waals surface area contributed by atoms with E-state index in [0.717, 1.165) is 16.3 Å². The van der Waals surface area contributed by atoms with Crippen molar-refractivity contribution in [1.29, 1.82) is 0 Å². The smallest absolute Gasteiger partial charge is 0.343 e. The minimum absolute atomic E-state index is 0.234. The number of nitrogens with one attached hydrogen (secondary N) is 2. The van der Waals surface area contributed by atoms with Crippen LogP contribution in [0.25, 0.3) is 10.8 Å². The van der Waals surface area contributed by atoms with E-state index in [4.69, 9.17) is 27.9 Å². The lowest BCUT2D eigenvalue weighted by atomic mass is 10.0. The van der Waals surface area contributed by atoms with Crippen LogP contribution in [0.3, 0.4) is 0 Å². The summed E-state index contributed by atoms with van der Waals surface area (Å²) >= 11 is 11.8. The lowest BCUT2D eigenvalue weighted by Crippen LogP contribution is -2.34. The lowest BCUT2D eigenvalue weighted by Gasteiger charge is -2.11. The third-order valence-corrected chi connectivity index (χ3v) is 6.13. The van der Waals surface area contributed by atoms with Crippen molar-refractivity contribution >= 4 is 58.0 Å². The Hall–Kier alpha value is -4.20. The Morgan fingerprint density at radius 3 is 2.38 bits per heavy atom. The Morgan fingerprint density at radius 1 is 0.892 bits per heavy atom. The van der Waals surface area contributed by atoms with Gasteiger partial charge < -0.3 is 10.1 Å². The summed E-state index contributed by atoms with van der Waals surface area (Å²) in [6.07, 6.45) is 1.40. The summed E-state index contributed by atoms with van der Waals surface area (Å²) in [6, 6.07) is 22.5. The largest absolute Gasteiger partial charge is 0.422 e. The number of amides is 2. The van der Waals surface area contributed by atoms with Gasteiger partial charge in [-0.25, -0.2) is 10.2 Å². The van der Waals surface area contributed by atoms with Crippen molar-refractivity contribution in [2.45, 2.75) is 6.92 Å². The number of rotatable bonds is 7. The second kappa shape index (κ2) is 11.7. The Kier molecular flexibility index (Phi) is 8.18. The number of esters is 1. The third kappa shape index (κ3) is 6.52. The molecular formula is C28H21Cl2N3O4. The molecule has 0 unspecified atom stereocenters. The van der Waals surface area contributed by atoms with Crippen molar-refractivity contribution in [2.75, 3.05) is 6.54 Å². The minimum atomic E-state index is -0.553. The maximum absolute atomic E-state index is 12.7. The predicted octanol–water partition coefficient (Wildman–Crippen LogP) is 5.55. The molecule has 0 spiro atoms. The number of hydrogen-bond donors (Lipinski definition) is 2. The highest BCUT2D eigenvalue weighted by molar-refractivity contribution is 6.42. The maximum atomic E-state index is 12.7. The van der Waals surface area contributed by atoms with Crippen molar-refractivity contribution in [3.63, 3.8) is 0 Å². The monoisotopic (exact) mass is 533 g/mol. The quantitative estimate of drug-likeness (QED) is 0.141. The van der Waals surface area contributed by atoms with E-state index >= 15 is 0 Å². The van der Waals surface area contributed by atoms with Crippen LogP contribution >= 0.6 is 23.2 Å². The van der Waals surface area contributed by atoms with Gasteiger partial charge in [0.15, 0.2) is 0 Å². The lowest BCUT2D eigenvalue weighted by molar-refractivity contribution is -0.120. The summed E-state index contributed by atoms with van der Waals surface area (Å²) < 4.78 is 5.66. The summed E-state index contributed by atoms with van der Waals surface area (Å²) in [7, 11) is 0. The number of carbonyl (C=O) groups is 3. The molecule has 0 heterocycles. The second-order valence-electron chi connectivity index (χ2n) is 8.06. The number of ether oxygens (including phenoxy) is 1. The Balaban J connectivity index is 1.46.